The summed E-state index contributed by atoms with van der Waals surface area (Å²) in [6.45, 7) is 0. The molecule has 0 saturated heterocycles. The molecule has 0 atom stereocenters. The molecule has 3 aromatic carbocycles. The molecule has 26 heavy (non-hydrogen) atoms. The second-order valence-electron chi connectivity index (χ2n) is 5.62. The maximum Gasteiger partial charge on any atom is 0.297 e. The van der Waals surface area contributed by atoms with Gasteiger partial charge in [0.1, 0.15) is 5.75 Å². The summed E-state index contributed by atoms with van der Waals surface area (Å²) in [6, 6.07) is 14.5. The van der Waals surface area contributed by atoms with E-state index in [0.717, 1.165) is 10.9 Å². The third-order valence-electron chi connectivity index (χ3n) is 3.88. The number of phenols is 2. The van der Waals surface area contributed by atoms with Crippen molar-refractivity contribution in [2.75, 3.05) is 7.05 Å². The molecule has 0 radical (unpaired) electrons. The van der Waals surface area contributed by atoms with Gasteiger partial charge in [0.25, 0.3) is 11.6 Å². The Labute approximate surface area is 148 Å². The number of nitrogens with one attached hydrogen (secondary N) is 1. The molecule has 0 spiro atoms. The second kappa shape index (κ2) is 7.02. The highest BCUT2D eigenvalue weighted by atomic mass is 16.3. The van der Waals surface area contributed by atoms with Crippen molar-refractivity contribution in [3.63, 3.8) is 0 Å². The van der Waals surface area contributed by atoms with Crippen LogP contribution in [-0.2, 0) is 0 Å². The molecule has 7 nitrogen and oxygen atoms in total. The van der Waals surface area contributed by atoms with Gasteiger partial charge in [-0.15, -0.1) is 0 Å². The first kappa shape index (κ1) is 17.1. The zero-order valence-electron chi connectivity index (χ0n) is 13.9. The van der Waals surface area contributed by atoms with Crippen LogP contribution in [0.5, 0.6) is 11.5 Å². The molecule has 1 amide bonds. The Kier molecular flexibility index (Phi) is 4.62. The Hall–Kier alpha value is -3.74. The minimum absolute atomic E-state index is 0.00819. The molecule has 0 heterocycles. The van der Waals surface area contributed by atoms with Crippen LogP contribution >= 0.6 is 0 Å². The third-order valence-corrected chi connectivity index (χ3v) is 3.88. The maximum atomic E-state index is 12.2. The number of benzene rings is 3. The summed E-state index contributed by atoms with van der Waals surface area (Å²) in [5, 5.41) is 24.9. The molecule has 3 rings (SSSR count). The van der Waals surface area contributed by atoms with Crippen LogP contribution in [0, 0.1) is 4.91 Å². The monoisotopic (exact) mass is 350 g/mol. The predicted octanol–water partition coefficient (Wildman–Crippen LogP) is 3.06. The molecule has 0 saturated carbocycles. The summed E-state index contributed by atoms with van der Waals surface area (Å²) in [6.07, 6.45) is 1.47. The lowest BCUT2D eigenvalue weighted by Crippen LogP contribution is -2.17. The van der Waals surface area contributed by atoms with Crippen molar-refractivity contribution in [3.05, 3.63) is 70.6 Å². The van der Waals surface area contributed by atoms with E-state index in [4.69, 9.17) is 0 Å². The Balaban J connectivity index is 1.81. The quantitative estimate of drug-likeness (QED) is 0.382. The number of nitroso groups, excluding NO2 is 1. The van der Waals surface area contributed by atoms with Gasteiger partial charge in [-0.3, -0.25) is 4.79 Å². The number of phenolic OH excluding ortho intramolecular Hbond substituents is 2. The van der Waals surface area contributed by atoms with Crippen LogP contribution in [0.3, 0.4) is 0 Å². The van der Waals surface area contributed by atoms with Gasteiger partial charge >= 0.3 is 0 Å². The van der Waals surface area contributed by atoms with E-state index in [0.29, 0.717) is 10.1 Å². The second-order valence-corrected chi connectivity index (χ2v) is 5.62. The number of carbonyl (C=O) groups excluding carboxylic acids is 1. The van der Waals surface area contributed by atoms with Crippen molar-refractivity contribution in [2.24, 2.45) is 5.10 Å². The number of amides is 1. The smallest absolute Gasteiger partial charge is 0.297 e. The summed E-state index contributed by atoms with van der Waals surface area (Å²) in [5.41, 5.74) is 3.28. The normalized spacial score (nSPS) is 11.0. The zero-order chi connectivity index (χ0) is 18.7. The number of hydrazone groups is 1. The lowest BCUT2D eigenvalue weighted by molar-refractivity contribution is -0.429. The third kappa shape index (κ3) is 3.36. The van der Waals surface area contributed by atoms with E-state index in [1.807, 2.05) is 18.2 Å². The fraction of sp³-hybridized carbons (Fsp3) is 0.0526. The molecule has 130 valence electrons. The molecule has 0 aromatic heterocycles. The Morgan fingerprint density at radius 1 is 1.04 bits per heavy atom. The molecule has 7 heteroatoms. The molecule has 0 aliphatic rings. The number of hydrogen-bond donors (Lipinski definition) is 3. The van der Waals surface area contributed by atoms with Gasteiger partial charge in [0, 0.05) is 32.2 Å². The molecule has 0 fully saturated rings. The van der Waals surface area contributed by atoms with E-state index < -0.39 is 5.91 Å². The summed E-state index contributed by atoms with van der Waals surface area (Å²) in [4.78, 5) is 23.5. The topological polar surface area (TPSA) is 102 Å². The van der Waals surface area contributed by atoms with Gasteiger partial charge < -0.3 is 10.2 Å². The number of hydrogen-bond acceptors (Lipinski definition) is 5. The van der Waals surface area contributed by atoms with E-state index >= 15 is 0 Å². The van der Waals surface area contributed by atoms with Crippen LogP contribution in [0.2, 0.25) is 0 Å². The molecule has 0 aliphatic heterocycles. The van der Waals surface area contributed by atoms with Crippen molar-refractivity contribution in [2.45, 2.75) is 0 Å². The minimum atomic E-state index is -0.521. The van der Waals surface area contributed by atoms with Gasteiger partial charge in [0.05, 0.1) is 6.21 Å². The standard InChI is InChI=1S/C19H15N3O4/c1-22(26)16-10-12(6-9-18(16)24)19(25)21-20-11-13-7-8-17(23)15-5-3-2-4-14(13)15/h2-11H,1H3,(H2-,20,21,23,24,25,26)/p+1. The SMILES string of the molecule is C[N+](=O)c1cc(C(=O)N/N=C/c2ccc(O)c3ccccc23)ccc1O. The van der Waals surface area contributed by atoms with Crippen LogP contribution < -0.4 is 5.43 Å². The number of nitrogens with zero attached hydrogens (tertiary/aromatic N) is 2. The van der Waals surface area contributed by atoms with E-state index in [-0.39, 0.29) is 22.7 Å². The number of rotatable bonds is 4. The van der Waals surface area contributed by atoms with Gasteiger partial charge in [-0.05, 0) is 29.7 Å². The zero-order valence-corrected chi connectivity index (χ0v) is 13.9. The highest BCUT2D eigenvalue weighted by Gasteiger charge is 2.17. The number of fused-ring (bicyclic) bond motifs is 1. The molecule has 3 N–H and O–H groups in total. The Bertz CT molecular complexity index is 1040. The maximum absolute atomic E-state index is 12.2. The highest BCUT2D eigenvalue weighted by molar-refractivity contribution is 6.03. The van der Waals surface area contributed by atoms with E-state index in [1.54, 1.807) is 18.2 Å². The van der Waals surface area contributed by atoms with Crippen LogP contribution in [0.15, 0.2) is 59.7 Å². The average molecular weight is 350 g/mol. The van der Waals surface area contributed by atoms with Crippen LogP contribution in [0.25, 0.3) is 10.8 Å². The van der Waals surface area contributed by atoms with Crippen molar-refractivity contribution in [1.82, 2.24) is 5.43 Å². The van der Waals surface area contributed by atoms with E-state index in [1.165, 1.54) is 31.5 Å². The van der Waals surface area contributed by atoms with Crippen molar-refractivity contribution < 1.29 is 19.8 Å². The highest BCUT2D eigenvalue weighted by Crippen LogP contribution is 2.27. The molecular formula is C19H16N3O4+. The van der Waals surface area contributed by atoms with Gasteiger partial charge in [0.2, 0.25) is 0 Å². The minimum Gasteiger partial charge on any atom is -0.507 e. The van der Waals surface area contributed by atoms with E-state index in [2.05, 4.69) is 10.5 Å². The van der Waals surface area contributed by atoms with Gasteiger partial charge in [-0.25, -0.2) is 5.43 Å². The van der Waals surface area contributed by atoms with Gasteiger partial charge in [-0.1, -0.05) is 24.3 Å². The Morgan fingerprint density at radius 3 is 2.46 bits per heavy atom. The van der Waals surface area contributed by atoms with Crippen molar-refractivity contribution >= 4 is 28.6 Å². The molecular weight excluding hydrogens is 334 g/mol. The van der Waals surface area contributed by atoms with Crippen molar-refractivity contribution in [3.8, 4) is 11.5 Å². The van der Waals surface area contributed by atoms with E-state index in [9.17, 15) is 19.9 Å². The lowest BCUT2D eigenvalue weighted by Gasteiger charge is -2.04. The van der Waals surface area contributed by atoms with Crippen LogP contribution in [0.4, 0.5) is 5.69 Å². The first-order valence-corrected chi connectivity index (χ1v) is 7.75. The fourth-order valence-corrected chi connectivity index (χ4v) is 2.56. The number of aromatic hydroxyl groups is 2. The molecule has 0 bridgehead atoms. The molecule has 0 aliphatic carbocycles. The first-order valence-electron chi connectivity index (χ1n) is 7.75. The van der Waals surface area contributed by atoms with Gasteiger partial charge in [-0.2, -0.15) is 5.10 Å². The summed E-state index contributed by atoms with van der Waals surface area (Å²) in [7, 11) is 1.23. The van der Waals surface area contributed by atoms with Crippen LogP contribution in [-0.4, -0.2) is 34.1 Å². The van der Waals surface area contributed by atoms with Crippen LogP contribution in [0.1, 0.15) is 15.9 Å². The summed E-state index contributed by atoms with van der Waals surface area (Å²) in [5.74, 6) is -0.564. The average Bonchev–Trinajstić information content (AvgIpc) is 2.64. The fourth-order valence-electron chi connectivity index (χ4n) is 2.56. The lowest BCUT2D eigenvalue weighted by atomic mass is 10.0. The molecule has 3 aromatic rings. The summed E-state index contributed by atoms with van der Waals surface area (Å²) < 4.78 is 0.470. The van der Waals surface area contributed by atoms with Gasteiger partial charge in [0.15, 0.2) is 12.8 Å². The Morgan fingerprint density at radius 2 is 1.73 bits per heavy atom. The predicted molar refractivity (Wildman–Crippen MR) is 98.0 cm³/mol. The number of carbonyl (C=O) groups is 1. The largest absolute Gasteiger partial charge is 0.507 e. The van der Waals surface area contributed by atoms with Crippen molar-refractivity contribution in [1.29, 1.82) is 0 Å². The summed E-state index contributed by atoms with van der Waals surface area (Å²) >= 11 is 0. The first-order chi connectivity index (χ1) is 12.5. The molecule has 0 unspecified atom stereocenters.